The number of carboxylic acid groups (broad SMARTS) is 1. The molecule has 0 unspecified atom stereocenters. The lowest BCUT2D eigenvalue weighted by Gasteiger charge is -2.06. The van der Waals surface area contributed by atoms with Crippen LogP contribution in [0.15, 0.2) is 6.07 Å². The fourth-order valence-corrected chi connectivity index (χ4v) is 2.01. The van der Waals surface area contributed by atoms with Gasteiger partial charge in [0.2, 0.25) is 0 Å². The molecule has 1 N–H and O–H groups in total. The van der Waals surface area contributed by atoms with Crippen molar-refractivity contribution in [1.29, 1.82) is 0 Å². The Bertz CT molecular complexity index is 577. The van der Waals surface area contributed by atoms with Crippen molar-refractivity contribution in [2.45, 2.75) is 20.3 Å². The zero-order valence-corrected chi connectivity index (χ0v) is 9.62. The summed E-state index contributed by atoms with van der Waals surface area (Å²) in [6.45, 7) is 3.81. The molecule has 2 heterocycles. The summed E-state index contributed by atoms with van der Waals surface area (Å²) in [6, 6.07) is 1.40. The SMILES string of the molecule is CCc1c(C)nc2cc(C(=O)O)nn2c1Cl. The molecule has 0 aliphatic heterocycles. The number of aryl methyl sites for hydroxylation is 1. The monoisotopic (exact) mass is 239 g/mol. The smallest absolute Gasteiger partial charge is 0.356 e. The maximum Gasteiger partial charge on any atom is 0.356 e. The highest BCUT2D eigenvalue weighted by molar-refractivity contribution is 6.30. The van der Waals surface area contributed by atoms with E-state index < -0.39 is 5.97 Å². The zero-order chi connectivity index (χ0) is 11.9. The normalized spacial score (nSPS) is 10.9. The lowest BCUT2D eigenvalue weighted by atomic mass is 10.2. The molecule has 0 saturated carbocycles. The van der Waals surface area contributed by atoms with Crippen LogP contribution in [0.25, 0.3) is 5.65 Å². The first-order chi connectivity index (χ1) is 7.54. The van der Waals surface area contributed by atoms with Gasteiger partial charge in [-0.2, -0.15) is 5.10 Å². The molecule has 0 spiro atoms. The molecular weight excluding hydrogens is 230 g/mol. The lowest BCUT2D eigenvalue weighted by molar-refractivity contribution is 0.0690. The molecule has 16 heavy (non-hydrogen) atoms. The number of aromatic nitrogens is 3. The van der Waals surface area contributed by atoms with Crippen molar-refractivity contribution in [2.24, 2.45) is 0 Å². The van der Waals surface area contributed by atoms with Crippen molar-refractivity contribution >= 4 is 23.2 Å². The predicted molar refractivity (Wildman–Crippen MR) is 59.1 cm³/mol. The van der Waals surface area contributed by atoms with Crippen LogP contribution < -0.4 is 0 Å². The van der Waals surface area contributed by atoms with E-state index in [1.807, 2.05) is 13.8 Å². The highest BCUT2D eigenvalue weighted by Crippen LogP contribution is 2.21. The maximum atomic E-state index is 10.8. The first-order valence-corrected chi connectivity index (χ1v) is 5.20. The third-order valence-corrected chi connectivity index (χ3v) is 2.81. The molecule has 2 aromatic heterocycles. The number of carboxylic acids is 1. The van der Waals surface area contributed by atoms with Crippen LogP contribution in [0.2, 0.25) is 5.15 Å². The number of hydrogen-bond acceptors (Lipinski definition) is 3. The fraction of sp³-hybridized carbons (Fsp3) is 0.300. The number of rotatable bonds is 2. The molecular formula is C10H10ClN3O2. The minimum Gasteiger partial charge on any atom is -0.476 e. The minimum absolute atomic E-state index is 0.0537. The van der Waals surface area contributed by atoms with Crippen LogP contribution in [0.3, 0.4) is 0 Å². The molecule has 0 aliphatic rings. The third kappa shape index (κ3) is 1.53. The van der Waals surface area contributed by atoms with Gasteiger partial charge in [-0.05, 0) is 13.3 Å². The van der Waals surface area contributed by atoms with Crippen molar-refractivity contribution in [2.75, 3.05) is 0 Å². The average Bonchev–Trinajstić information content (AvgIpc) is 2.62. The van der Waals surface area contributed by atoms with Gasteiger partial charge in [0.1, 0.15) is 5.15 Å². The number of fused-ring (bicyclic) bond motifs is 1. The van der Waals surface area contributed by atoms with Gasteiger partial charge in [0.05, 0.1) is 0 Å². The van der Waals surface area contributed by atoms with Gasteiger partial charge in [0.15, 0.2) is 11.3 Å². The van der Waals surface area contributed by atoms with Crippen LogP contribution in [0, 0.1) is 6.92 Å². The second-order valence-corrected chi connectivity index (χ2v) is 3.78. The van der Waals surface area contributed by atoms with Gasteiger partial charge >= 0.3 is 5.97 Å². The Morgan fingerprint density at radius 1 is 1.62 bits per heavy atom. The Morgan fingerprint density at radius 2 is 2.31 bits per heavy atom. The summed E-state index contributed by atoms with van der Waals surface area (Å²) in [6.07, 6.45) is 0.732. The fourth-order valence-electron chi connectivity index (χ4n) is 1.62. The van der Waals surface area contributed by atoms with Crippen molar-refractivity contribution in [1.82, 2.24) is 14.6 Å². The standard InChI is InChI=1S/C10H10ClN3O2/c1-3-6-5(2)12-8-4-7(10(15)16)13-14(8)9(6)11/h4H,3H2,1-2H3,(H,15,16). The molecule has 2 aromatic rings. The van der Waals surface area contributed by atoms with E-state index in [4.69, 9.17) is 16.7 Å². The predicted octanol–water partition coefficient (Wildman–Crippen LogP) is 1.95. The summed E-state index contributed by atoms with van der Waals surface area (Å²) in [4.78, 5) is 15.0. The number of hydrogen-bond donors (Lipinski definition) is 1. The van der Waals surface area contributed by atoms with E-state index in [9.17, 15) is 4.79 Å². The molecule has 0 radical (unpaired) electrons. The largest absolute Gasteiger partial charge is 0.476 e. The summed E-state index contributed by atoms with van der Waals surface area (Å²) in [7, 11) is 0. The number of nitrogens with zero attached hydrogens (tertiary/aromatic N) is 3. The average molecular weight is 240 g/mol. The van der Waals surface area contributed by atoms with Gasteiger partial charge in [-0.3, -0.25) is 0 Å². The van der Waals surface area contributed by atoms with Crippen LogP contribution in [0.4, 0.5) is 0 Å². The molecule has 0 aliphatic carbocycles. The molecule has 6 heteroatoms. The second-order valence-electron chi connectivity index (χ2n) is 3.42. The van der Waals surface area contributed by atoms with Crippen LogP contribution in [0.5, 0.6) is 0 Å². The summed E-state index contributed by atoms with van der Waals surface area (Å²) < 4.78 is 1.36. The molecule has 0 saturated heterocycles. The summed E-state index contributed by atoms with van der Waals surface area (Å²) >= 11 is 6.13. The van der Waals surface area contributed by atoms with Crippen LogP contribution >= 0.6 is 11.6 Å². The Kier molecular flexibility index (Phi) is 2.55. The lowest BCUT2D eigenvalue weighted by Crippen LogP contribution is -2.02. The summed E-state index contributed by atoms with van der Waals surface area (Å²) in [5, 5.41) is 13.1. The Morgan fingerprint density at radius 3 is 2.88 bits per heavy atom. The van der Waals surface area contributed by atoms with E-state index in [1.54, 1.807) is 0 Å². The van der Waals surface area contributed by atoms with Crippen LogP contribution in [0.1, 0.15) is 28.7 Å². The van der Waals surface area contributed by atoms with Gasteiger partial charge in [-0.1, -0.05) is 18.5 Å². The van der Waals surface area contributed by atoms with E-state index in [1.165, 1.54) is 10.6 Å². The molecule has 0 atom stereocenters. The Labute approximate surface area is 96.7 Å². The molecule has 0 bridgehead atoms. The van der Waals surface area contributed by atoms with Gasteiger partial charge in [-0.25, -0.2) is 14.3 Å². The molecule has 0 amide bonds. The number of halogens is 1. The van der Waals surface area contributed by atoms with Gasteiger partial charge in [0, 0.05) is 17.3 Å². The van der Waals surface area contributed by atoms with E-state index in [-0.39, 0.29) is 5.69 Å². The highest BCUT2D eigenvalue weighted by atomic mass is 35.5. The Hall–Kier alpha value is -1.62. The summed E-state index contributed by atoms with van der Waals surface area (Å²) in [5.74, 6) is -1.09. The van der Waals surface area contributed by atoms with E-state index in [0.717, 1.165) is 17.7 Å². The molecule has 5 nitrogen and oxygen atoms in total. The van der Waals surface area contributed by atoms with Crippen molar-refractivity contribution in [3.63, 3.8) is 0 Å². The first kappa shape index (κ1) is 10.9. The molecule has 2 rings (SSSR count). The van der Waals surface area contributed by atoms with Crippen LogP contribution in [-0.4, -0.2) is 25.7 Å². The van der Waals surface area contributed by atoms with Crippen molar-refractivity contribution < 1.29 is 9.90 Å². The third-order valence-electron chi connectivity index (χ3n) is 2.42. The Balaban J connectivity index is 2.78. The van der Waals surface area contributed by atoms with Crippen LogP contribution in [-0.2, 0) is 6.42 Å². The molecule has 0 fully saturated rings. The zero-order valence-electron chi connectivity index (χ0n) is 8.86. The van der Waals surface area contributed by atoms with Gasteiger partial charge in [-0.15, -0.1) is 0 Å². The van der Waals surface area contributed by atoms with Crippen molar-refractivity contribution in [3.8, 4) is 0 Å². The molecule has 84 valence electrons. The minimum atomic E-state index is -1.09. The van der Waals surface area contributed by atoms with Crippen molar-refractivity contribution in [3.05, 3.63) is 28.2 Å². The summed E-state index contributed by atoms with van der Waals surface area (Å²) in [5.41, 5.74) is 2.09. The van der Waals surface area contributed by atoms with E-state index in [2.05, 4.69) is 10.1 Å². The topological polar surface area (TPSA) is 67.5 Å². The maximum absolute atomic E-state index is 10.8. The highest BCUT2D eigenvalue weighted by Gasteiger charge is 2.15. The first-order valence-electron chi connectivity index (χ1n) is 4.82. The second kappa shape index (κ2) is 3.75. The number of carbonyl (C=O) groups is 1. The quantitative estimate of drug-likeness (QED) is 0.814. The molecule has 0 aromatic carbocycles. The van der Waals surface area contributed by atoms with E-state index >= 15 is 0 Å². The van der Waals surface area contributed by atoms with Gasteiger partial charge < -0.3 is 5.11 Å². The number of aromatic carboxylic acids is 1. The van der Waals surface area contributed by atoms with Gasteiger partial charge in [0.25, 0.3) is 0 Å². The van der Waals surface area contributed by atoms with E-state index in [0.29, 0.717) is 10.8 Å².